The zero-order chi connectivity index (χ0) is 15.9. The first-order chi connectivity index (χ1) is 9.03. The van der Waals surface area contributed by atoms with Crippen molar-refractivity contribution in [3.05, 3.63) is 0 Å². The summed E-state index contributed by atoms with van der Waals surface area (Å²) >= 11 is 0. The van der Waals surface area contributed by atoms with Crippen molar-refractivity contribution < 1.29 is 14.3 Å². The minimum absolute atomic E-state index is 0.0291. The number of Topliss-reactive ketones (excluding diaryl/α,β-unsaturated/α-hetero) is 1. The zero-order valence-electron chi connectivity index (χ0n) is 13.9. The summed E-state index contributed by atoms with van der Waals surface area (Å²) in [4.78, 5) is 23.9. The van der Waals surface area contributed by atoms with Crippen LogP contribution in [0.5, 0.6) is 0 Å². The van der Waals surface area contributed by atoms with E-state index in [1.54, 1.807) is 20.8 Å². The van der Waals surface area contributed by atoms with Gasteiger partial charge in [0.2, 0.25) is 0 Å². The molecule has 1 unspecified atom stereocenters. The van der Waals surface area contributed by atoms with Crippen molar-refractivity contribution in [1.82, 2.24) is 10.6 Å². The Balaban J connectivity index is 4.53. The van der Waals surface area contributed by atoms with Crippen LogP contribution in [-0.2, 0) is 9.53 Å². The van der Waals surface area contributed by atoms with Crippen molar-refractivity contribution in [2.24, 2.45) is 5.92 Å². The standard InChI is InChI=1S/C15H30N2O3/c1-10(2)13(18)12(8-9-16-11(3)4)17-14(19)20-15(5,6)7/h10-12,16H,8-9H2,1-7H3,(H,17,19). The molecule has 1 amide bonds. The molecule has 0 aromatic rings. The molecule has 0 spiro atoms. The number of amides is 1. The summed E-state index contributed by atoms with van der Waals surface area (Å²) in [5, 5.41) is 5.92. The van der Waals surface area contributed by atoms with Crippen LogP contribution in [0.15, 0.2) is 0 Å². The van der Waals surface area contributed by atoms with Gasteiger partial charge in [0, 0.05) is 12.0 Å². The molecule has 0 saturated carbocycles. The molecule has 5 nitrogen and oxygen atoms in total. The summed E-state index contributed by atoms with van der Waals surface area (Å²) in [6, 6.07) is -0.151. The van der Waals surface area contributed by atoms with Gasteiger partial charge in [-0.15, -0.1) is 0 Å². The molecule has 0 bridgehead atoms. The maximum atomic E-state index is 12.1. The van der Waals surface area contributed by atoms with E-state index in [0.29, 0.717) is 19.0 Å². The number of rotatable bonds is 7. The van der Waals surface area contributed by atoms with E-state index in [4.69, 9.17) is 4.74 Å². The van der Waals surface area contributed by atoms with Gasteiger partial charge in [-0.2, -0.15) is 0 Å². The quantitative estimate of drug-likeness (QED) is 0.754. The lowest BCUT2D eigenvalue weighted by molar-refractivity contribution is -0.124. The molecule has 0 aromatic carbocycles. The molecular formula is C15H30N2O3. The highest BCUT2D eigenvalue weighted by molar-refractivity contribution is 5.88. The normalized spacial score (nSPS) is 13.4. The van der Waals surface area contributed by atoms with E-state index in [-0.39, 0.29) is 11.7 Å². The van der Waals surface area contributed by atoms with Crippen LogP contribution in [0.1, 0.15) is 54.9 Å². The summed E-state index contributed by atoms with van der Waals surface area (Å²) < 4.78 is 5.20. The number of hydrogen-bond donors (Lipinski definition) is 2. The van der Waals surface area contributed by atoms with E-state index < -0.39 is 17.7 Å². The minimum atomic E-state index is -0.564. The van der Waals surface area contributed by atoms with E-state index in [9.17, 15) is 9.59 Å². The number of carbonyl (C=O) groups is 2. The average Bonchev–Trinajstić information content (AvgIpc) is 2.23. The van der Waals surface area contributed by atoms with Gasteiger partial charge in [-0.25, -0.2) is 4.79 Å². The lowest BCUT2D eigenvalue weighted by Crippen LogP contribution is -2.46. The fraction of sp³-hybridized carbons (Fsp3) is 0.867. The summed E-state index contributed by atoms with van der Waals surface area (Å²) in [6.45, 7) is 13.8. The average molecular weight is 286 g/mol. The van der Waals surface area contributed by atoms with Crippen LogP contribution in [0, 0.1) is 5.92 Å². The molecule has 2 N–H and O–H groups in total. The second-order valence-corrected chi connectivity index (χ2v) is 6.65. The third kappa shape index (κ3) is 8.91. The molecule has 0 rings (SSSR count). The molecule has 5 heteroatoms. The predicted octanol–water partition coefficient (Wildman–Crippen LogP) is 2.49. The highest BCUT2D eigenvalue weighted by Gasteiger charge is 2.25. The van der Waals surface area contributed by atoms with Crippen LogP contribution >= 0.6 is 0 Å². The van der Waals surface area contributed by atoms with Crippen LogP contribution in [0.3, 0.4) is 0 Å². The highest BCUT2D eigenvalue weighted by atomic mass is 16.6. The molecule has 0 radical (unpaired) electrons. The van der Waals surface area contributed by atoms with Crippen LogP contribution < -0.4 is 10.6 Å². The molecule has 20 heavy (non-hydrogen) atoms. The van der Waals surface area contributed by atoms with E-state index in [1.807, 2.05) is 27.7 Å². The van der Waals surface area contributed by atoms with Gasteiger partial charge in [-0.1, -0.05) is 27.7 Å². The van der Waals surface area contributed by atoms with Crippen molar-refractivity contribution in [1.29, 1.82) is 0 Å². The van der Waals surface area contributed by atoms with Crippen molar-refractivity contribution in [2.45, 2.75) is 72.6 Å². The maximum Gasteiger partial charge on any atom is 0.408 e. The first-order valence-electron chi connectivity index (χ1n) is 7.29. The Bertz CT molecular complexity index is 320. The number of hydrogen-bond acceptors (Lipinski definition) is 4. The number of alkyl carbamates (subject to hydrolysis) is 1. The second-order valence-electron chi connectivity index (χ2n) is 6.65. The Hall–Kier alpha value is -1.10. The smallest absolute Gasteiger partial charge is 0.408 e. The highest BCUT2D eigenvalue weighted by Crippen LogP contribution is 2.09. The molecule has 0 heterocycles. The Morgan fingerprint density at radius 3 is 2.05 bits per heavy atom. The van der Waals surface area contributed by atoms with Crippen molar-refractivity contribution in [3.63, 3.8) is 0 Å². The van der Waals surface area contributed by atoms with E-state index in [0.717, 1.165) is 0 Å². The number of nitrogens with one attached hydrogen (secondary N) is 2. The predicted molar refractivity (Wildman–Crippen MR) is 80.8 cm³/mol. The lowest BCUT2D eigenvalue weighted by atomic mass is 9.99. The summed E-state index contributed by atoms with van der Waals surface area (Å²) in [6.07, 6.45) is 0.0232. The van der Waals surface area contributed by atoms with Gasteiger partial charge in [0.1, 0.15) is 5.60 Å². The van der Waals surface area contributed by atoms with Gasteiger partial charge in [-0.05, 0) is 33.7 Å². The Kier molecular flexibility index (Phi) is 7.79. The second kappa shape index (κ2) is 8.25. The maximum absolute atomic E-state index is 12.1. The van der Waals surface area contributed by atoms with Gasteiger partial charge in [-0.3, -0.25) is 4.79 Å². The van der Waals surface area contributed by atoms with Crippen LogP contribution in [-0.4, -0.2) is 36.1 Å². The van der Waals surface area contributed by atoms with Gasteiger partial charge in [0.05, 0.1) is 6.04 Å². The molecule has 0 fully saturated rings. The van der Waals surface area contributed by atoms with E-state index >= 15 is 0 Å². The summed E-state index contributed by atoms with van der Waals surface area (Å²) in [7, 11) is 0. The molecular weight excluding hydrogens is 256 g/mol. The summed E-state index contributed by atoms with van der Waals surface area (Å²) in [5.74, 6) is -0.0876. The van der Waals surface area contributed by atoms with E-state index in [2.05, 4.69) is 10.6 Å². The SMILES string of the molecule is CC(C)NCCC(NC(=O)OC(C)(C)C)C(=O)C(C)C. The Labute approximate surface area is 122 Å². The van der Waals surface area contributed by atoms with Crippen molar-refractivity contribution in [2.75, 3.05) is 6.54 Å². The largest absolute Gasteiger partial charge is 0.444 e. The molecule has 0 aromatic heterocycles. The third-order valence-electron chi connectivity index (χ3n) is 2.59. The van der Waals surface area contributed by atoms with Crippen LogP contribution in [0.4, 0.5) is 4.79 Å². The van der Waals surface area contributed by atoms with Gasteiger partial charge >= 0.3 is 6.09 Å². The van der Waals surface area contributed by atoms with Crippen LogP contribution in [0.25, 0.3) is 0 Å². The topological polar surface area (TPSA) is 67.4 Å². The van der Waals surface area contributed by atoms with Crippen molar-refractivity contribution >= 4 is 11.9 Å². The van der Waals surface area contributed by atoms with Crippen molar-refractivity contribution in [3.8, 4) is 0 Å². The van der Waals surface area contributed by atoms with E-state index in [1.165, 1.54) is 0 Å². The third-order valence-corrected chi connectivity index (χ3v) is 2.59. The molecule has 0 aliphatic rings. The Morgan fingerprint density at radius 2 is 1.65 bits per heavy atom. The fourth-order valence-corrected chi connectivity index (χ4v) is 1.65. The molecule has 118 valence electrons. The fourth-order valence-electron chi connectivity index (χ4n) is 1.65. The molecule has 0 aliphatic heterocycles. The zero-order valence-corrected chi connectivity index (χ0v) is 13.9. The molecule has 1 atom stereocenters. The van der Waals surface area contributed by atoms with Gasteiger partial charge < -0.3 is 15.4 Å². The number of carbonyl (C=O) groups excluding carboxylic acids is 2. The monoisotopic (exact) mass is 286 g/mol. The number of ketones is 1. The van der Waals surface area contributed by atoms with Gasteiger partial charge in [0.25, 0.3) is 0 Å². The van der Waals surface area contributed by atoms with Gasteiger partial charge in [0.15, 0.2) is 5.78 Å². The first kappa shape index (κ1) is 18.9. The summed E-state index contributed by atoms with van der Waals surface area (Å²) in [5.41, 5.74) is -0.564. The number of ether oxygens (including phenoxy) is 1. The lowest BCUT2D eigenvalue weighted by Gasteiger charge is -2.24. The van der Waals surface area contributed by atoms with Crippen LogP contribution in [0.2, 0.25) is 0 Å². The molecule has 0 saturated heterocycles. The first-order valence-corrected chi connectivity index (χ1v) is 7.29. The minimum Gasteiger partial charge on any atom is -0.444 e. The Morgan fingerprint density at radius 1 is 1.10 bits per heavy atom. The molecule has 0 aliphatic carbocycles.